The van der Waals surface area contributed by atoms with Gasteiger partial charge in [-0.3, -0.25) is 4.79 Å². The number of rotatable bonds is 2. The molecule has 2 unspecified atom stereocenters. The Bertz CT molecular complexity index is 702. The SMILES string of the molecule is CC1(C)CC2CC(C)(CN2S(=O)(=O)c2ccc(=O)[nH]c2)C1. The van der Waals surface area contributed by atoms with Crippen molar-refractivity contribution in [3.63, 3.8) is 0 Å². The Morgan fingerprint density at radius 1 is 1.24 bits per heavy atom. The summed E-state index contributed by atoms with van der Waals surface area (Å²) in [4.78, 5) is 13.8. The van der Waals surface area contributed by atoms with Crippen molar-refractivity contribution in [3.05, 3.63) is 28.7 Å². The van der Waals surface area contributed by atoms with E-state index in [-0.39, 0.29) is 27.3 Å². The molecule has 2 atom stereocenters. The maximum Gasteiger partial charge on any atom is 0.247 e. The Hall–Kier alpha value is -1.14. The number of sulfonamides is 1. The summed E-state index contributed by atoms with van der Waals surface area (Å²) in [7, 11) is -3.53. The second-order valence-electron chi connectivity index (χ2n) is 7.65. The highest BCUT2D eigenvalue weighted by atomic mass is 32.2. The number of nitrogens with zero attached hydrogens (tertiary/aromatic N) is 1. The molecule has 2 aliphatic rings. The Morgan fingerprint density at radius 2 is 1.95 bits per heavy atom. The van der Waals surface area contributed by atoms with Crippen LogP contribution >= 0.6 is 0 Å². The van der Waals surface area contributed by atoms with Crippen LogP contribution in [-0.2, 0) is 10.0 Å². The van der Waals surface area contributed by atoms with Crippen molar-refractivity contribution in [2.24, 2.45) is 10.8 Å². The third kappa shape index (κ3) is 2.55. The average molecular weight is 310 g/mol. The highest BCUT2D eigenvalue weighted by molar-refractivity contribution is 7.89. The lowest BCUT2D eigenvalue weighted by Gasteiger charge is -2.39. The molecule has 0 spiro atoms. The van der Waals surface area contributed by atoms with Gasteiger partial charge in [-0.05, 0) is 36.2 Å². The Morgan fingerprint density at radius 3 is 2.57 bits per heavy atom. The van der Waals surface area contributed by atoms with Gasteiger partial charge in [0.15, 0.2) is 0 Å². The second kappa shape index (κ2) is 4.43. The number of H-pyrrole nitrogens is 1. The molecular weight excluding hydrogens is 288 g/mol. The minimum absolute atomic E-state index is 0.0572. The van der Waals surface area contributed by atoms with Crippen LogP contribution in [0.5, 0.6) is 0 Å². The third-order valence-corrected chi connectivity index (χ3v) is 6.62. The Kier molecular flexibility index (Phi) is 3.12. The Balaban J connectivity index is 1.98. The number of aromatic nitrogens is 1. The van der Waals surface area contributed by atoms with Crippen molar-refractivity contribution in [1.29, 1.82) is 0 Å². The molecule has 1 saturated heterocycles. The number of hydrogen-bond acceptors (Lipinski definition) is 3. The van der Waals surface area contributed by atoms with E-state index in [4.69, 9.17) is 0 Å². The first-order valence-electron chi connectivity index (χ1n) is 7.32. The van der Waals surface area contributed by atoms with E-state index in [1.807, 2.05) is 0 Å². The lowest BCUT2D eigenvalue weighted by Crippen LogP contribution is -2.37. The van der Waals surface area contributed by atoms with Crippen molar-refractivity contribution in [2.75, 3.05) is 6.54 Å². The van der Waals surface area contributed by atoms with Gasteiger partial charge >= 0.3 is 0 Å². The van der Waals surface area contributed by atoms with Crippen LogP contribution in [0.2, 0.25) is 0 Å². The zero-order valence-electron chi connectivity index (χ0n) is 12.7. The molecule has 1 aliphatic carbocycles. The molecule has 1 N–H and O–H groups in total. The van der Waals surface area contributed by atoms with Gasteiger partial charge in [0.2, 0.25) is 15.6 Å². The monoisotopic (exact) mass is 310 g/mol. The van der Waals surface area contributed by atoms with Crippen LogP contribution in [0.4, 0.5) is 0 Å². The fourth-order valence-electron chi connectivity index (χ4n) is 4.38. The molecule has 1 saturated carbocycles. The van der Waals surface area contributed by atoms with Crippen LogP contribution < -0.4 is 5.56 Å². The first kappa shape index (κ1) is 14.8. The van der Waals surface area contributed by atoms with Gasteiger partial charge in [0.05, 0.1) is 4.90 Å². The minimum Gasteiger partial charge on any atom is -0.328 e. The van der Waals surface area contributed by atoms with E-state index < -0.39 is 10.0 Å². The topological polar surface area (TPSA) is 70.2 Å². The third-order valence-electron chi connectivity index (χ3n) is 4.73. The van der Waals surface area contributed by atoms with Crippen molar-refractivity contribution < 1.29 is 8.42 Å². The van der Waals surface area contributed by atoms with Crippen LogP contribution in [0.15, 0.2) is 28.0 Å². The smallest absolute Gasteiger partial charge is 0.247 e. The van der Waals surface area contributed by atoms with Gasteiger partial charge in [-0.25, -0.2) is 8.42 Å². The molecular formula is C15H22N2O3S. The summed E-state index contributed by atoms with van der Waals surface area (Å²) < 4.78 is 27.3. The summed E-state index contributed by atoms with van der Waals surface area (Å²) in [6.45, 7) is 7.19. The summed E-state index contributed by atoms with van der Waals surface area (Å²) >= 11 is 0. The van der Waals surface area contributed by atoms with Gasteiger partial charge < -0.3 is 4.98 Å². The number of hydrogen-bond donors (Lipinski definition) is 1. The first-order chi connectivity index (χ1) is 9.61. The van der Waals surface area contributed by atoms with Gasteiger partial charge in [0, 0.05) is 24.8 Å². The highest BCUT2D eigenvalue weighted by Crippen LogP contribution is 2.53. The molecule has 6 heteroatoms. The molecule has 2 bridgehead atoms. The molecule has 3 rings (SSSR count). The largest absolute Gasteiger partial charge is 0.328 e. The molecule has 2 fully saturated rings. The lowest BCUT2D eigenvalue weighted by atomic mass is 9.65. The van der Waals surface area contributed by atoms with E-state index in [1.165, 1.54) is 18.3 Å². The van der Waals surface area contributed by atoms with Crippen LogP contribution in [-0.4, -0.2) is 30.3 Å². The molecule has 0 amide bonds. The van der Waals surface area contributed by atoms with Crippen molar-refractivity contribution in [2.45, 2.75) is 51.0 Å². The van der Waals surface area contributed by atoms with Crippen LogP contribution in [0, 0.1) is 10.8 Å². The first-order valence-corrected chi connectivity index (χ1v) is 8.76. The molecule has 116 valence electrons. The predicted octanol–water partition coefficient (Wildman–Crippen LogP) is 1.96. The number of nitrogens with one attached hydrogen (secondary N) is 1. The fourth-order valence-corrected chi connectivity index (χ4v) is 6.12. The normalized spacial score (nSPS) is 32.2. The lowest BCUT2D eigenvalue weighted by molar-refractivity contribution is 0.133. The van der Waals surface area contributed by atoms with E-state index in [2.05, 4.69) is 25.8 Å². The summed E-state index contributed by atoms with van der Waals surface area (Å²) in [5.74, 6) is 0. The molecule has 0 radical (unpaired) electrons. The molecule has 1 aliphatic heterocycles. The highest BCUT2D eigenvalue weighted by Gasteiger charge is 2.53. The summed E-state index contributed by atoms with van der Waals surface area (Å²) in [6, 6.07) is 2.72. The van der Waals surface area contributed by atoms with Gasteiger partial charge in [-0.2, -0.15) is 4.31 Å². The molecule has 1 aromatic heterocycles. The number of aromatic amines is 1. The average Bonchev–Trinajstić information content (AvgIpc) is 2.59. The number of pyridine rings is 1. The van der Waals surface area contributed by atoms with Gasteiger partial charge in [0.1, 0.15) is 0 Å². The molecule has 0 aromatic carbocycles. The number of fused-ring (bicyclic) bond motifs is 2. The van der Waals surface area contributed by atoms with Gasteiger partial charge in [0.25, 0.3) is 0 Å². The molecule has 5 nitrogen and oxygen atoms in total. The standard InChI is InChI=1S/C15H22N2O3S/c1-14(2)6-11-7-15(3,9-14)10-17(11)21(19,20)12-4-5-13(18)16-8-12/h4-5,8,11H,6-7,9-10H2,1-3H3,(H,16,18). The van der Waals surface area contributed by atoms with Gasteiger partial charge in [-0.1, -0.05) is 20.8 Å². The maximum atomic E-state index is 12.8. The van der Waals surface area contributed by atoms with E-state index in [0.29, 0.717) is 6.54 Å². The van der Waals surface area contributed by atoms with Crippen LogP contribution in [0.1, 0.15) is 40.0 Å². The predicted molar refractivity (Wildman–Crippen MR) is 80.5 cm³/mol. The van der Waals surface area contributed by atoms with E-state index in [1.54, 1.807) is 4.31 Å². The summed E-state index contributed by atoms with van der Waals surface area (Å²) in [6.07, 6.45) is 4.17. The fraction of sp³-hybridized carbons (Fsp3) is 0.667. The summed E-state index contributed by atoms with van der Waals surface area (Å²) in [5.41, 5.74) is -0.0589. The quantitative estimate of drug-likeness (QED) is 0.908. The van der Waals surface area contributed by atoms with Crippen LogP contribution in [0.3, 0.4) is 0 Å². The molecule has 1 aromatic rings. The molecule has 21 heavy (non-hydrogen) atoms. The van der Waals surface area contributed by atoms with E-state index >= 15 is 0 Å². The van der Waals surface area contributed by atoms with Crippen molar-refractivity contribution in [1.82, 2.24) is 9.29 Å². The Labute approximate surface area is 125 Å². The summed E-state index contributed by atoms with van der Waals surface area (Å²) in [5, 5.41) is 0. The maximum absolute atomic E-state index is 12.8. The van der Waals surface area contributed by atoms with Crippen molar-refractivity contribution >= 4 is 10.0 Å². The van der Waals surface area contributed by atoms with Crippen LogP contribution in [0.25, 0.3) is 0 Å². The molecule has 2 heterocycles. The van der Waals surface area contributed by atoms with Crippen molar-refractivity contribution in [3.8, 4) is 0 Å². The zero-order valence-corrected chi connectivity index (χ0v) is 13.5. The minimum atomic E-state index is -3.53. The zero-order chi connectivity index (χ0) is 15.5. The van der Waals surface area contributed by atoms with Gasteiger partial charge in [-0.15, -0.1) is 0 Å². The second-order valence-corrected chi connectivity index (χ2v) is 9.54. The van der Waals surface area contributed by atoms with E-state index in [9.17, 15) is 13.2 Å². The van der Waals surface area contributed by atoms with E-state index in [0.717, 1.165) is 19.3 Å².